The fraction of sp³-hybridized carbons (Fsp3) is 0.510. The molecule has 7 heterocycles. The Morgan fingerprint density at radius 3 is 2.39 bits per heavy atom. The number of benzene rings is 2. The molecule has 0 aliphatic carbocycles. The summed E-state index contributed by atoms with van der Waals surface area (Å²) in [5, 5.41) is 10.2. The van der Waals surface area contributed by atoms with Crippen molar-refractivity contribution < 1.29 is 33.1 Å². The number of amides is 5. The molecular weight excluding hydrogens is 939 g/mol. The Labute approximate surface area is 417 Å². The van der Waals surface area contributed by atoms with Crippen LogP contribution in [0.25, 0.3) is 11.1 Å². The number of fused-ring (bicyclic) bond motifs is 3. The molecule has 5 amide bonds. The van der Waals surface area contributed by atoms with Crippen molar-refractivity contribution in [2.45, 2.75) is 127 Å². The van der Waals surface area contributed by atoms with Crippen LogP contribution >= 0.6 is 23.2 Å². The quantitative estimate of drug-likeness (QED) is 0.0478. The number of likely N-dealkylation sites (tertiary alicyclic amines) is 3. The topological polar surface area (TPSA) is 188 Å². The fourth-order valence-electron chi connectivity index (χ4n) is 10.9. The first-order valence-corrected chi connectivity index (χ1v) is 25.5. The van der Waals surface area contributed by atoms with E-state index in [9.17, 15) is 28.4 Å². The van der Waals surface area contributed by atoms with Gasteiger partial charge in [0.25, 0.3) is 5.91 Å². The molecule has 4 fully saturated rings. The lowest BCUT2D eigenvalue weighted by Gasteiger charge is -2.34. The summed E-state index contributed by atoms with van der Waals surface area (Å²) < 4.78 is 22.2. The van der Waals surface area contributed by atoms with Crippen LogP contribution < -0.4 is 21.1 Å². The third-order valence-electron chi connectivity index (χ3n) is 14.8. The number of nitrogen functional groups attached to an aromatic ring is 1. The number of piperazine rings is 1. The number of halogens is 3. The van der Waals surface area contributed by atoms with Gasteiger partial charge in [0.1, 0.15) is 18.0 Å². The van der Waals surface area contributed by atoms with Crippen LogP contribution in [0.15, 0.2) is 55.0 Å². The van der Waals surface area contributed by atoms with Crippen LogP contribution in [0.5, 0.6) is 5.75 Å². The van der Waals surface area contributed by atoms with Crippen molar-refractivity contribution in [1.82, 2.24) is 39.7 Å². The third kappa shape index (κ3) is 11.0. The van der Waals surface area contributed by atoms with Gasteiger partial charge in [0.05, 0.1) is 17.3 Å². The molecule has 0 saturated carbocycles. The van der Waals surface area contributed by atoms with E-state index in [-0.39, 0.29) is 58.5 Å². The van der Waals surface area contributed by atoms with Gasteiger partial charge in [-0.05, 0) is 102 Å². The van der Waals surface area contributed by atoms with Crippen LogP contribution in [-0.4, -0.2) is 121 Å². The molecule has 2 aromatic heterocycles. The van der Waals surface area contributed by atoms with Crippen LogP contribution in [0.2, 0.25) is 10.0 Å². The maximum Gasteiger partial charge on any atom is 0.255 e. The Morgan fingerprint density at radius 2 is 1.64 bits per heavy atom. The highest BCUT2D eigenvalue weighted by Crippen LogP contribution is 2.38. The Morgan fingerprint density at radius 1 is 0.914 bits per heavy atom. The predicted molar refractivity (Wildman–Crippen MR) is 264 cm³/mol. The van der Waals surface area contributed by atoms with E-state index in [1.165, 1.54) is 23.5 Å². The Balaban J connectivity index is 0.625. The fourth-order valence-corrected chi connectivity index (χ4v) is 11.6. The number of pyridine rings is 1. The van der Waals surface area contributed by atoms with Crippen molar-refractivity contribution in [3.05, 3.63) is 87.5 Å². The van der Waals surface area contributed by atoms with Gasteiger partial charge in [-0.15, -0.1) is 0 Å². The van der Waals surface area contributed by atoms with Gasteiger partial charge in [0.2, 0.25) is 23.6 Å². The van der Waals surface area contributed by atoms with Crippen molar-refractivity contribution in [2.24, 2.45) is 0 Å². The van der Waals surface area contributed by atoms with E-state index in [1.807, 2.05) is 15.8 Å². The molecule has 4 atom stereocenters. The highest BCUT2D eigenvalue weighted by Gasteiger charge is 2.43. The van der Waals surface area contributed by atoms with Crippen molar-refractivity contribution in [1.29, 1.82) is 0 Å². The Bertz CT molecular complexity index is 2620. The van der Waals surface area contributed by atoms with Crippen LogP contribution in [0.1, 0.15) is 124 Å². The van der Waals surface area contributed by atoms with Gasteiger partial charge in [-0.1, -0.05) is 42.1 Å². The summed E-state index contributed by atoms with van der Waals surface area (Å²) in [6, 6.07) is 10.3. The van der Waals surface area contributed by atoms with E-state index in [2.05, 4.69) is 30.5 Å². The normalized spacial score (nSPS) is 21.1. The molecule has 5 aliphatic heterocycles. The number of hydrogen-bond donors (Lipinski definition) is 3. The molecule has 4 saturated heterocycles. The summed E-state index contributed by atoms with van der Waals surface area (Å²) in [5.41, 5.74) is 9.87. The summed E-state index contributed by atoms with van der Waals surface area (Å²) in [6.45, 7) is 7.56. The lowest BCUT2D eigenvalue weighted by atomic mass is 10.0. The number of carbonyl (C=O) groups excluding carboxylic acids is 5. The molecule has 372 valence electrons. The molecule has 4 aromatic rings. The van der Waals surface area contributed by atoms with E-state index in [4.69, 9.17) is 33.7 Å². The van der Waals surface area contributed by atoms with E-state index in [0.717, 1.165) is 88.7 Å². The van der Waals surface area contributed by atoms with Gasteiger partial charge < -0.3 is 25.6 Å². The maximum absolute atomic E-state index is 14.2. The largest absolute Gasteiger partial charge is 0.482 e. The molecule has 70 heavy (non-hydrogen) atoms. The summed E-state index contributed by atoms with van der Waals surface area (Å²) >= 11 is 12.5. The van der Waals surface area contributed by atoms with Gasteiger partial charge in [0, 0.05) is 115 Å². The van der Waals surface area contributed by atoms with Crippen LogP contribution in [0.3, 0.4) is 0 Å². The van der Waals surface area contributed by atoms with Crippen LogP contribution in [0.4, 0.5) is 15.9 Å². The molecule has 2 bridgehead atoms. The van der Waals surface area contributed by atoms with Gasteiger partial charge in [-0.2, -0.15) is 5.10 Å². The van der Waals surface area contributed by atoms with E-state index in [1.54, 1.807) is 43.6 Å². The second-order valence-corrected chi connectivity index (χ2v) is 20.2. The molecule has 9 rings (SSSR count). The average Bonchev–Trinajstić information content (AvgIpc) is 4.16. The molecule has 2 aromatic carbocycles. The number of rotatable bonds is 19. The van der Waals surface area contributed by atoms with E-state index >= 15 is 0 Å². The molecule has 5 aliphatic rings. The second kappa shape index (κ2) is 21.8. The summed E-state index contributed by atoms with van der Waals surface area (Å²) in [5.74, 6) is -0.993. The van der Waals surface area contributed by atoms with E-state index < -0.39 is 23.9 Å². The number of nitrogens with zero attached hydrogens (tertiary/aromatic N) is 7. The molecule has 19 heteroatoms. The molecule has 4 N–H and O–H groups in total. The summed E-state index contributed by atoms with van der Waals surface area (Å²) in [7, 11) is 0. The Kier molecular flexibility index (Phi) is 15.4. The number of anilines is 2. The molecule has 0 radical (unpaired) electrons. The number of ether oxygens (including phenoxy) is 1. The SMILES string of the molecule is C[C@@H](Oc1cc(-c2cnn(C3CCN(C(=O)CCCCCCN4CC5CC4CN5CCCCC(=O)Nc4cccc5c4CN(C4CCC(=O)NC4=O)C5=O)CC3)c2)cnc1N)c1c(Cl)ccc(F)c1Cl. The highest BCUT2D eigenvalue weighted by molar-refractivity contribution is 6.36. The van der Waals surface area contributed by atoms with Gasteiger partial charge in [-0.3, -0.25) is 43.8 Å². The predicted octanol–water partition coefficient (Wildman–Crippen LogP) is 7.56. The molecular formula is C51H61Cl2FN10O6. The van der Waals surface area contributed by atoms with Gasteiger partial charge in [-0.25, -0.2) is 9.37 Å². The number of aromatic nitrogens is 3. The Hall–Kier alpha value is -5.62. The van der Waals surface area contributed by atoms with Crippen LogP contribution in [-0.2, 0) is 25.7 Å². The van der Waals surface area contributed by atoms with Crippen molar-refractivity contribution in [3.8, 4) is 16.9 Å². The first kappa shape index (κ1) is 49.4. The minimum Gasteiger partial charge on any atom is -0.482 e. The number of nitrogens with one attached hydrogen (secondary N) is 2. The van der Waals surface area contributed by atoms with Crippen molar-refractivity contribution in [2.75, 3.05) is 50.3 Å². The first-order valence-electron chi connectivity index (χ1n) is 24.7. The minimum atomic E-state index is -0.699. The smallest absolute Gasteiger partial charge is 0.255 e. The maximum atomic E-state index is 14.2. The van der Waals surface area contributed by atoms with Crippen LogP contribution in [0, 0.1) is 5.82 Å². The van der Waals surface area contributed by atoms with Gasteiger partial charge >= 0.3 is 0 Å². The minimum absolute atomic E-state index is 0.0894. The van der Waals surface area contributed by atoms with Crippen molar-refractivity contribution in [3.63, 3.8) is 0 Å². The number of nitrogens with two attached hydrogens (primary N) is 1. The monoisotopic (exact) mass is 998 g/mol. The van der Waals surface area contributed by atoms with E-state index in [0.29, 0.717) is 72.6 Å². The number of hydrogen-bond acceptors (Lipinski definition) is 11. The second-order valence-electron chi connectivity index (χ2n) is 19.4. The number of carbonyl (C=O) groups is 5. The lowest BCUT2D eigenvalue weighted by molar-refractivity contribution is -0.137. The van der Waals surface area contributed by atoms with Gasteiger partial charge in [0.15, 0.2) is 11.6 Å². The molecule has 0 spiro atoms. The highest BCUT2D eigenvalue weighted by atomic mass is 35.5. The standard InChI is InChI=1S/C51H61Cl2FN10O6/c1-31(47-39(52)13-14-40(54)48(47)53)70-43-23-32(25-56-49(43)55)33-26-57-64(27-33)34-17-21-60(22-18-34)46(67)12-4-2-3-6-19-61-28-36-24-35(61)29-62(36)20-7-5-11-44(65)58-41-10-8-9-37-38(41)30-63(51(37)69)42-15-16-45(66)59-50(42)68/h8-10,13-14,23,25-27,31,34-36,42H,2-7,11-12,15-22,24,28-30H2,1H3,(H2,55,56)(H,58,65)(H,59,66,68)/t31-,35?,36?,42?/m1/s1. The average molecular weight is 1000 g/mol. The zero-order valence-electron chi connectivity index (χ0n) is 39.5. The third-order valence-corrected chi connectivity index (χ3v) is 15.5. The van der Waals surface area contributed by atoms with Crippen molar-refractivity contribution >= 4 is 64.2 Å². The molecule has 3 unspecified atom stereocenters. The number of piperidine rings is 2. The lowest BCUT2D eigenvalue weighted by Crippen LogP contribution is -2.52. The molecule has 16 nitrogen and oxygen atoms in total. The first-order chi connectivity index (χ1) is 33.8. The zero-order chi connectivity index (χ0) is 49.1. The summed E-state index contributed by atoms with van der Waals surface area (Å²) in [6.07, 6.45) is 14.9. The number of imide groups is 1. The summed E-state index contributed by atoms with van der Waals surface area (Å²) in [4.78, 5) is 76.5. The number of unbranched alkanes of at least 4 members (excludes halogenated alkanes) is 4. The zero-order valence-corrected chi connectivity index (χ0v) is 41.0.